The second kappa shape index (κ2) is 5.13. The molecule has 0 unspecified atom stereocenters. The van der Waals surface area contributed by atoms with Gasteiger partial charge in [0.1, 0.15) is 0 Å². The van der Waals surface area contributed by atoms with E-state index in [1.165, 1.54) is 16.1 Å². The number of fused-ring (bicyclic) bond motifs is 1. The maximum Gasteiger partial charge on any atom is 0.159 e. The highest BCUT2D eigenvalue weighted by Gasteiger charge is 2.18. The summed E-state index contributed by atoms with van der Waals surface area (Å²) in [6.45, 7) is 3.61. The monoisotopic (exact) mass is 272 g/mol. The lowest BCUT2D eigenvalue weighted by Gasteiger charge is -2.31. The van der Waals surface area contributed by atoms with Crippen molar-refractivity contribution < 1.29 is 4.79 Å². The van der Waals surface area contributed by atoms with E-state index >= 15 is 0 Å². The Hall–Kier alpha value is -1.68. The molecule has 3 nitrogen and oxygen atoms in total. The summed E-state index contributed by atoms with van der Waals surface area (Å²) in [4.78, 5) is 19.2. The number of hydrogen-bond acceptors (Lipinski definition) is 4. The molecule has 0 atom stereocenters. The van der Waals surface area contributed by atoms with E-state index in [1.54, 1.807) is 18.3 Å². The van der Waals surface area contributed by atoms with Gasteiger partial charge in [-0.25, -0.2) is 0 Å². The van der Waals surface area contributed by atoms with Crippen LogP contribution in [0.4, 0.5) is 5.69 Å². The average Bonchev–Trinajstić information content (AvgIpc) is 2.91. The number of benzene rings is 1. The smallest absolute Gasteiger partial charge is 0.159 e. The first-order chi connectivity index (χ1) is 9.24. The Morgan fingerprint density at radius 3 is 3.11 bits per heavy atom. The fourth-order valence-corrected chi connectivity index (χ4v) is 3.18. The van der Waals surface area contributed by atoms with Gasteiger partial charge in [-0.2, -0.15) is 0 Å². The highest BCUT2D eigenvalue weighted by atomic mass is 32.1. The standard InChI is InChI=1S/C15H16N2OS/c1-11(18)12-4-5-15-13(7-12)3-2-6-17(15)9-14-8-16-10-19-14/h4-5,7-8,10H,2-3,6,9H2,1H3. The van der Waals surface area contributed by atoms with E-state index < -0.39 is 0 Å². The van der Waals surface area contributed by atoms with Gasteiger partial charge in [-0.3, -0.25) is 9.78 Å². The zero-order chi connectivity index (χ0) is 13.2. The Labute approximate surface area is 116 Å². The lowest BCUT2D eigenvalue weighted by atomic mass is 9.98. The largest absolute Gasteiger partial charge is 0.366 e. The highest BCUT2D eigenvalue weighted by Crippen LogP contribution is 2.29. The molecule has 0 saturated carbocycles. The molecule has 98 valence electrons. The third-order valence-electron chi connectivity index (χ3n) is 3.53. The molecule has 0 amide bonds. The van der Waals surface area contributed by atoms with Crippen molar-refractivity contribution in [2.45, 2.75) is 26.3 Å². The van der Waals surface area contributed by atoms with Gasteiger partial charge in [-0.15, -0.1) is 11.3 Å². The molecule has 1 aliphatic heterocycles. The molecule has 0 N–H and O–H groups in total. The van der Waals surface area contributed by atoms with Crippen LogP contribution in [-0.2, 0) is 13.0 Å². The molecule has 2 heterocycles. The molecule has 1 aromatic heterocycles. The number of ketones is 1. The molecule has 0 spiro atoms. The van der Waals surface area contributed by atoms with E-state index in [2.05, 4.69) is 22.0 Å². The van der Waals surface area contributed by atoms with Crippen molar-refractivity contribution in [2.75, 3.05) is 11.4 Å². The summed E-state index contributed by atoms with van der Waals surface area (Å²) in [6, 6.07) is 6.08. The zero-order valence-corrected chi connectivity index (χ0v) is 11.7. The van der Waals surface area contributed by atoms with Crippen LogP contribution in [-0.4, -0.2) is 17.3 Å². The van der Waals surface area contributed by atoms with Crippen molar-refractivity contribution in [1.82, 2.24) is 4.98 Å². The van der Waals surface area contributed by atoms with Gasteiger partial charge in [0.15, 0.2) is 5.78 Å². The van der Waals surface area contributed by atoms with Gasteiger partial charge in [0.2, 0.25) is 0 Å². The minimum absolute atomic E-state index is 0.141. The first kappa shape index (κ1) is 12.4. The molecule has 4 heteroatoms. The number of carbonyl (C=O) groups is 1. The Bertz CT molecular complexity index is 592. The number of Topliss-reactive ketones (excluding diaryl/α,β-unsaturated/α-hetero) is 1. The number of hydrogen-bond donors (Lipinski definition) is 0. The predicted molar refractivity (Wildman–Crippen MR) is 77.9 cm³/mol. The van der Waals surface area contributed by atoms with Crippen LogP contribution in [0.25, 0.3) is 0 Å². The molecule has 1 aromatic carbocycles. The van der Waals surface area contributed by atoms with Crippen LogP contribution in [0, 0.1) is 0 Å². The Morgan fingerprint density at radius 2 is 2.37 bits per heavy atom. The molecule has 2 aromatic rings. The summed E-state index contributed by atoms with van der Waals surface area (Å²) in [5.41, 5.74) is 5.26. The molecule has 0 fully saturated rings. The second-order valence-electron chi connectivity index (χ2n) is 4.89. The molecule has 0 radical (unpaired) electrons. The number of rotatable bonds is 3. The van der Waals surface area contributed by atoms with Crippen molar-refractivity contribution in [2.24, 2.45) is 0 Å². The number of nitrogens with zero attached hydrogens (tertiary/aromatic N) is 2. The molecule has 1 aliphatic rings. The first-order valence-corrected chi connectivity index (χ1v) is 7.38. The van der Waals surface area contributed by atoms with Crippen molar-refractivity contribution >= 4 is 22.8 Å². The van der Waals surface area contributed by atoms with Gasteiger partial charge in [-0.05, 0) is 43.5 Å². The van der Waals surface area contributed by atoms with Crippen molar-refractivity contribution in [1.29, 1.82) is 0 Å². The fourth-order valence-electron chi connectivity index (χ4n) is 2.57. The number of thiazole rings is 1. The van der Waals surface area contributed by atoms with Crippen LogP contribution in [0.1, 0.15) is 34.1 Å². The number of anilines is 1. The van der Waals surface area contributed by atoms with E-state index in [1.807, 2.05) is 17.8 Å². The molecule has 3 rings (SSSR count). The Morgan fingerprint density at radius 1 is 1.47 bits per heavy atom. The van der Waals surface area contributed by atoms with E-state index in [4.69, 9.17) is 0 Å². The van der Waals surface area contributed by atoms with Crippen LogP contribution < -0.4 is 4.90 Å². The fraction of sp³-hybridized carbons (Fsp3) is 0.333. The van der Waals surface area contributed by atoms with Gasteiger partial charge >= 0.3 is 0 Å². The maximum atomic E-state index is 11.4. The van der Waals surface area contributed by atoms with Crippen LogP contribution in [0.3, 0.4) is 0 Å². The van der Waals surface area contributed by atoms with Crippen molar-refractivity contribution in [3.8, 4) is 0 Å². The summed E-state index contributed by atoms with van der Waals surface area (Å²) in [6.07, 6.45) is 4.14. The quantitative estimate of drug-likeness (QED) is 0.804. The third kappa shape index (κ3) is 2.54. The van der Waals surface area contributed by atoms with Crippen LogP contribution in [0.2, 0.25) is 0 Å². The van der Waals surface area contributed by atoms with E-state index in [9.17, 15) is 4.79 Å². The first-order valence-electron chi connectivity index (χ1n) is 6.50. The molecular weight excluding hydrogens is 256 g/mol. The number of aryl methyl sites for hydroxylation is 1. The van der Waals surface area contributed by atoms with Gasteiger partial charge in [0.05, 0.1) is 12.1 Å². The summed E-state index contributed by atoms with van der Waals surface area (Å²) in [5, 5.41) is 0. The Balaban J connectivity index is 1.89. The SMILES string of the molecule is CC(=O)c1ccc2c(c1)CCCN2Cc1cncs1. The van der Waals surface area contributed by atoms with E-state index in [0.717, 1.165) is 31.5 Å². The number of carbonyl (C=O) groups excluding carboxylic acids is 1. The summed E-state index contributed by atoms with van der Waals surface area (Å²) in [7, 11) is 0. The lowest BCUT2D eigenvalue weighted by Crippen LogP contribution is -2.28. The van der Waals surface area contributed by atoms with Crippen molar-refractivity contribution in [3.05, 3.63) is 45.9 Å². The molecule has 0 bridgehead atoms. The van der Waals surface area contributed by atoms with Gasteiger partial charge < -0.3 is 4.90 Å². The highest BCUT2D eigenvalue weighted by molar-refractivity contribution is 7.09. The maximum absolute atomic E-state index is 11.4. The van der Waals surface area contributed by atoms with Crippen LogP contribution in [0.15, 0.2) is 29.9 Å². The van der Waals surface area contributed by atoms with E-state index in [0.29, 0.717) is 0 Å². The minimum atomic E-state index is 0.141. The molecule has 0 saturated heterocycles. The van der Waals surface area contributed by atoms with Crippen LogP contribution in [0.5, 0.6) is 0 Å². The topological polar surface area (TPSA) is 33.2 Å². The van der Waals surface area contributed by atoms with E-state index in [-0.39, 0.29) is 5.78 Å². The number of aromatic nitrogens is 1. The summed E-state index contributed by atoms with van der Waals surface area (Å²) >= 11 is 1.69. The van der Waals surface area contributed by atoms with Crippen LogP contribution >= 0.6 is 11.3 Å². The predicted octanol–water partition coefficient (Wildman–Crippen LogP) is 3.30. The minimum Gasteiger partial charge on any atom is -0.366 e. The Kier molecular flexibility index (Phi) is 3.34. The van der Waals surface area contributed by atoms with Crippen molar-refractivity contribution in [3.63, 3.8) is 0 Å². The second-order valence-corrected chi connectivity index (χ2v) is 5.86. The third-order valence-corrected chi connectivity index (χ3v) is 4.30. The lowest BCUT2D eigenvalue weighted by molar-refractivity contribution is 0.101. The zero-order valence-electron chi connectivity index (χ0n) is 10.9. The average molecular weight is 272 g/mol. The van der Waals surface area contributed by atoms with Gasteiger partial charge in [-0.1, -0.05) is 0 Å². The normalized spacial score (nSPS) is 14.3. The van der Waals surface area contributed by atoms with Gasteiger partial charge in [0.25, 0.3) is 0 Å². The summed E-state index contributed by atoms with van der Waals surface area (Å²) < 4.78 is 0. The molecule has 0 aliphatic carbocycles. The molecule has 19 heavy (non-hydrogen) atoms. The summed E-state index contributed by atoms with van der Waals surface area (Å²) in [5.74, 6) is 0.141. The van der Waals surface area contributed by atoms with Gasteiger partial charge in [0, 0.05) is 28.9 Å². The molecular formula is C15H16N2OS.